The van der Waals surface area contributed by atoms with Gasteiger partial charge in [-0.1, -0.05) is 0 Å². The largest absolute Gasteiger partial charge is 0.485 e. The van der Waals surface area contributed by atoms with Gasteiger partial charge in [0.05, 0.1) is 25.0 Å². The molecule has 1 atom stereocenters. The lowest BCUT2D eigenvalue weighted by atomic mass is 10.2. The third-order valence-corrected chi connectivity index (χ3v) is 4.09. The molecule has 1 aliphatic heterocycles. The number of pyridine rings is 1. The first kappa shape index (κ1) is 12.4. The van der Waals surface area contributed by atoms with Crippen LogP contribution >= 0.6 is 11.3 Å². The first-order chi connectivity index (χ1) is 9.29. The van der Waals surface area contributed by atoms with Gasteiger partial charge in [-0.05, 0) is 6.07 Å². The van der Waals surface area contributed by atoms with E-state index in [9.17, 15) is 4.79 Å². The Kier molecular flexibility index (Phi) is 3.35. The van der Waals surface area contributed by atoms with E-state index in [-0.39, 0.29) is 12.1 Å². The molecule has 6 heteroatoms. The lowest BCUT2D eigenvalue weighted by Crippen LogP contribution is -2.17. The summed E-state index contributed by atoms with van der Waals surface area (Å²) in [4.78, 5) is 16.4. The quantitative estimate of drug-likeness (QED) is 0.807. The van der Waals surface area contributed by atoms with Gasteiger partial charge in [-0.2, -0.15) is 0 Å². The smallest absolute Gasteiger partial charge is 0.351 e. The average molecular weight is 279 g/mol. The molecular formula is C13H13NO4S. The molecule has 1 fully saturated rings. The van der Waals surface area contributed by atoms with Gasteiger partial charge in [0, 0.05) is 24.2 Å². The number of rotatable bonds is 3. The topological polar surface area (TPSA) is 57.7 Å². The number of fused-ring (bicyclic) bond motifs is 1. The van der Waals surface area contributed by atoms with Crippen LogP contribution in [0.25, 0.3) is 10.1 Å². The van der Waals surface area contributed by atoms with E-state index < -0.39 is 0 Å². The van der Waals surface area contributed by atoms with Crippen molar-refractivity contribution in [2.24, 2.45) is 0 Å². The molecule has 0 radical (unpaired) electrons. The van der Waals surface area contributed by atoms with Gasteiger partial charge in [0.25, 0.3) is 0 Å². The Balaban J connectivity index is 2.04. The van der Waals surface area contributed by atoms with E-state index in [0.29, 0.717) is 23.8 Å². The molecule has 5 nitrogen and oxygen atoms in total. The second-order valence-electron chi connectivity index (χ2n) is 4.23. The highest BCUT2D eigenvalue weighted by atomic mass is 32.1. The summed E-state index contributed by atoms with van der Waals surface area (Å²) in [6.07, 6.45) is 4.25. The van der Waals surface area contributed by atoms with Gasteiger partial charge in [-0.15, -0.1) is 11.3 Å². The van der Waals surface area contributed by atoms with Gasteiger partial charge in [0.1, 0.15) is 6.10 Å². The number of methoxy groups -OCH3 is 1. The van der Waals surface area contributed by atoms with Gasteiger partial charge in [-0.25, -0.2) is 4.79 Å². The van der Waals surface area contributed by atoms with Crippen LogP contribution in [0, 0.1) is 0 Å². The summed E-state index contributed by atoms with van der Waals surface area (Å²) < 4.78 is 17.0. The van der Waals surface area contributed by atoms with Crippen molar-refractivity contribution in [1.29, 1.82) is 0 Å². The molecule has 0 saturated carbocycles. The van der Waals surface area contributed by atoms with Crippen molar-refractivity contribution < 1.29 is 19.0 Å². The zero-order valence-electron chi connectivity index (χ0n) is 10.4. The molecule has 19 heavy (non-hydrogen) atoms. The van der Waals surface area contributed by atoms with Crippen LogP contribution in [-0.4, -0.2) is 37.4 Å². The lowest BCUT2D eigenvalue weighted by Gasteiger charge is -2.12. The summed E-state index contributed by atoms with van der Waals surface area (Å²) >= 11 is 1.34. The molecule has 0 aromatic carbocycles. The highest BCUT2D eigenvalue weighted by molar-refractivity contribution is 7.21. The summed E-state index contributed by atoms with van der Waals surface area (Å²) in [5.41, 5.74) is 0. The standard InChI is InChI=1S/C13H13NO4S/c1-16-13(15)12-11(18-8-3-5-17-7-8)9-2-4-14-6-10(9)19-12/h2,4,6,8H,3,5,7H2,1H3. The number of aromatic nitrogens is 1. The van der Waals surface area contributed by atoms with Crippen molar-refractivity contribution in [2.75, 3.05) is 20.3 Å². The van der Waals surface area contributed by atoms with Crippen LogP contribution in [-0.2, 0) is 9.47 Å². The summed E-state index contributed by atoms with van der Waals surface area (Å²) in [5, 5.41) is 0.896. The molecule has 2 aromatic heterocycles. The molecule has 1 saturated heterocycles. The number of carbonyl (C=O) groups is 1. The summed E-state index contributed by atoms with van der Waals surface area (Å²) in [7, 11) is 1.37. The van der Waals surface area contributed by atoms with Crippen molar-refractivity contribution in [3.8, 4) is 5.75 Å². The van der Waals surface area contributed by atoms with Gasteiger partial charge in [-0.3, -0.25) is 4.98 Å². The molecule has 3 rings (SSSR count). The number of carbonyl (C=O) groups excluding carboxylic acids is 1. The first-order valence-electron chi connectivity index (χ1n) is 5.99. The van der Waals surface area contributed by atoms with Gasteiger partial charge >= 0.3 is 5.97 Å². The van der Waals surface area contributed by atoms with Gasteiger partial charge < -0.3 is 14.2 Å². The van der Waals surface area contributed by atoms with E-state index in [1.165, 1.54) is 18.4 Å². The number of ether oxygens (including phenoxy) is 3. The van der Waals surface area contributed by atoms with Crippen molar-refractivity contribution in [1.82, 2.24) is 4.98 Å². The maximum absolute atomic E-state index is 11.8. The first-order valence-corrected chi connectivity index (χ1v) is 6.80. The molecule has 0 aliphatic carbocycles. The predicted octanol–water partition coefficient (Wildman–Crippen LogP) is 2.25. The number of hydrogen-bond donors (Lipinski definition) is 0. The third-order valence-electron chi connectivity index (χ3n) is 2.99. The highest BCUT2D eigenvalue weighted by Crippen LogP contribution is 2.38. The molecule has 3 heterocycles. The minimum atomic E-state index is -0.380. The van der Waals surface area contributed by atoms with Gasteiger partial charge in [0.2, 0.25) is 0 Å². The average Bonchev–Trinajstić information content (AvgIpc) is 3.07. The molecule has 0 N–H and O–H groups in total. The van der Waals surface area contributed by atoms with Crippen molar-refractivity contribution in [2.45, 2.75) is 12.5 Å². The van der Waals surface area contributed by atoms with Crippen LogP contribution in [0.5, 0.6) is 5.75 Å². The Bertz CT molecular complexity index is 604. The molecule has 0 amide bonds. The molecule has 2 aromatic rings. The number of esters is 1. The van der Waals surface area contributed by atoms with Crippen LogP contribution in [0.1, 0.15) is 16.1 Å². The zero-order chi connectivity index (χ0) is 13.2. The van der Waals surface area contributed by atoms with Crippen molar-refractivity contribution in [3.63, 3.8) is 0 Å². The van der Waals surface area contributed by atoms with E-state index in [4.69, 9.17) is 14.2 Å². The fourth-order valence-corrected chi connectivity index (χ4v) is 3.07. The summed E-state index contributed by atoms with van der Waals surface area (Å²) in [5.74, 6) is 0.208. The van der Waals surface area contributed by atoms with E-state index in [1.54, 1.807) is 12.4 Å². The fraction of sp³-hybridized carbons (Fsp3) is 0.385. The summed E-state index contributed by atoms with van der Waals surface area (Å²) in [6.45, 7) is 1.25. The van der Waals surface area contributed by atoms with E-state index in [2.05, 4.69) is 4.98 Å². The van der Waals surface area contributed by atoms with Crippen LogP contribution in [0.2, 0.25) is 0 Å². The minimum absolute atomic E-state index is 0.00521. The van der Waals surface area contributed by atoms with Crippen LogP contribution in [0.3, 0.4) is 0 Å². The Morgan fingerprint density at radius 2 is 2.47 bits per heavy atom. The SMILES string of the molecule is COC(=O)c1sc2cnccc2c1OC1CCOC1. The monoisotopic (exact) mass is 279 g/mol. The Morgan fingerprint density at radius 1 is 1.58 bits per heavy atom. The molecule has 100 valence electrons. The normalized spacial score (nSPS) is 18.7. The molecule has 0 bridgehead atoms. The Hall–Kier alpha value is -1.66. The number of hydrogen-bond acceptors (Lipinski definition) is 6. The van der Waals surface area contributed by atoms with Crippen LogP contribution in [0.15, 0.2) is 18.5 Å². The predicted molar refractivity (Wildman–Crippen MR) is 70.8 cm³/mol. The second-order valence-corrected chi connectivity index (χ2v) is 5.28. The van der Waals surface area contributed by atoms with E-state index in [0.717, 1.165) is 16.5 Å². The van der Waals surface area contributed by atoms with E-state index in [1.807, 2.05) is 6.07 Å². The van der Waals surface area contributed by atoms with Crippen LogP contribution < -0.4 is 4.74 Å². The second kappa shape index (κ2) is 5.14. The van der Waals surface area contributed by atoms with Crippen LogP contribution in [0.4, 0.5) is 0 Å². The lowest BCUT2D eigenvalue weighted by molar-refractivity contribution is 0.0598. The van der Waals surface area contributed by atoms with Crippen molar-refractivity contribution in [3.05, 3.63) is 23.3 Å². The molecule has 1 aliphatic rings. The van der Waals surface area contributed by atoms with E-state index >= 15 is 0 Å². The Labute approximate surface area is 114 Å². The fourth-order valence-electron chi connectivity index (χ4n) is 2.04. The van der Waals surface area contributed by atoms with Crippen molar-refractivity contribution >= 4 is 27.4 Å². The molecule has 1 unspecified atom stereocenters. The number of nitrogens with zero attached hydrogens (tertiary/aromatic N) is 1. The molecular weight excluding hydrogens is 266 g/mol. The molecule has 0 spiro atoms. The highest BCUT2D eigenvalue weighted by Gasteiger charge is 2.25. The zero-order valence-corrected chi connectivity index (χ0v) is 11.2. The number of thiophene rings is 1. The maximum atomic E-state index is 11.8. The third kappa shape index (κ3) is 2.29. The minimum Gasteiger partial charge on any atom is -0.485 e. The Morgan fingerprint density at radius 3 is 3.21 bits per heavy atom. The van der Waals surface area contributed by atoms with Gasteiger partial charge in [0.15, 0.2) is 10.6 Å². The maximum Gasteiger partial charge on any atom is 0.351 e. The summed E-state index contributed by atoms with van der Waals surface area (Å²) in [6, 6.07) is 1.85.